The van der Waals surface area contributed by atoms with Crippen molar-refractivity contribution in [2.45, 2.75) is 30.8 Å². The molecule has 1 aromatic rings. The van der Waals surface area contributed by atoms with Crippen LogP contribution in [0.4, 0.5) is 0 Å². The molecule has 0 amide bonds. The first-order chi connectivity index (χ1) is 12.2. The van der Waals surface area contributed by atoms with Crippen molar-refractivity contribution in [1.29, 1.82) is 5.26 Å². The van der Waals surface area contributed by atoms with E-state index in [0.29, 0.717) is 0 Å². The van der Waals surface area contributed by atoms with Crippen LogP contribution in [0.3, 0.4) is 0 Å². The lowest BCUT2D eigenvalue weighted by molar-refractivity contribution is 0.173. The van der Waals surface area contributed by atoms with Crippen LogP contribution in [0.5, 0.6) is 0 Å². The summed E-state index contributed by atoms with van der Waals surface area (Å²) in [6.07, 6.45) is 6.27. The molecule has 3 rings (SSSR count). The second kappa shape index (κ2) is 8.28. The Labute approximate surface area is 158 Å². The third kappa shape index (κ3) is 3.58. The number of hydrogen-bond acceptors (Lipinski definition) is 7. The Morgan fingerprint density at radius 3 is 2.72 bits per heavy atom. The molecule has 1 saturated heterocycles. The van der Waals surface area contributed by atoms with Crippen LogP contribution >= 0.6 is 24.6 Å². The van der Waals surface area contributed by atoms with Crippen LogP contribution in [-0.2, 0) is 0 Å². The largest absolute Gasteiger partial charge is 0.396 e. The Morgan fingerprint density at radius 2 is 2.08 bits per heavy atom. The third-order valence-corrected chi connectivity index (χ3v) is 6.05. The number of allylic oxidation sites excluding steroid dienone is 1. The Morgan fingerprint density at radius 1 is 1.32 bits per heavy atom. The summed E-state index contributed by atoms with van der Waals surface area (Å²) in [5, 5.41) is 20.7. The maximum atomic E-state index is 9.71. The highest BCUT2D eigenvalue weighted by Crippen LogP contribution is 2.44. The van der Waals surface area contributed by atoms with Gasteiger partial charge in [0, 0.05) is 12.3 Å². The van der Waals surface area contributed by atoms with Gasteiger partial charge < -0.3 is 5.11 Å². The normalized spacial score (nSPS) is 26.0. The van der Waals surface area contributed by atoms with Gasteiger partial charge in [0.05, 0.1) is 11.8 Å². The van der Waals surface area contributed by atoms with Gasteiger partial charge in [-0.25, -0.2) is 0 Å². The van der Waals surface area contributed by atoms with E-state index in [-0.39, 0.29) is 24.1 Å². The van der Waals surface area contributed by atoms with Gasteiger partial charge in [-0.3, -0.25) is 10.0 Å². The molecule has 1 fully saturated rings. The summed E-state index contributed by atoms with van der Waals surface area (Å²) in [5.74, 6) is -0.257. The highest BCUT2D eigenvalue weighted by Gasteiger charge is 2.49. The molecular weight excluding hydrogens is 352 g/mol. The summed E-state index contributed by atoms with van der Waals surface area (Å²) in [7, 11) is 0. The molecular formula is C18H22N4OS2. The SMILES string of the molecule is CSC1C(C#N)C2N=C(CCCCO)C=C(c3ccccc3)N2N1S. The predicted molar refractivity (Wildman–Crippen MR) is 106 cm³/mol. The Bertz CT molecular complexity index is 701. The number of rotatable bonds is 6. The van der Waals surface area contributed by atoms with Crippen molar-refractivity contribution in [2.24, 2.45) is 10.9 Å². The lowest BCUT2D eigenvalue weighted by atomic mass is 10.0. The van der Waals surface area contributed by atoms with Crippen LogP contribution in [0.2, 0.25) is 0 Å². The van der Waals surface area contributed by atoms with Crippen molar-refractivity contribution in [1.82, 2.24) is 9.42 Å². The molecule has 2 heterocycles. The highest BCUT2D eigenvalue weighted by atomic mass is 32.2. The van der Waals surface area contributed by atoms with Gasteiger partial charge in [0.2, 0.25) is 0 Å². The van der Waals surface area contributed by atoms with Crippen molar-refractivity contribution in [3.05, 3.63) is 42.0 Å². The number of benzene rings is 1. The number of hydrazine groups is 1. The topological polar surface area (TPSA) is 62.9 Å². The third-order valence-electron chi connectivity index (χ3n) is 4.48. The number of thiol groups is 1. The van der Waals surface area contributed by atoms with Crippen molar-refractivity contribution in [2.75, 3.05) is 12.9 Å². The van der Waals surface area contributed by atoms with Gasteiger partial charge in [-0.1, -0.05) is 43.1 Å². The fourth-order valence-corrected chi connectivity index (χ4v) is 4.67. The van der Waals surface area contributed by atoms with E-state index >= 15 is 0 Å². The lowest BCUT2D eigenvalue weighted by Gasteiger charge is -2.35. The second-order valence-corrected chi connectivity index (χ2v) is 7.42. The quantitative estimate of drug-likeness (QED) is 0.591. The monoisotopic (exact) mass is 374 g/mol. The zero-order valence-electron chi connectivity index (χ0n) is 14.1. The van der Waals surface area contributed by atoms with Crippen molar-refractivity contribution in [3.8, 4) is 6.07 Å². The number of nitriles is 1. The smallest absolute Gasteiger partial charge is 0.155 e. The number of unbranched alkanes of at least 4 members (excludes halogenated alkanes) is 1. The molecule has 1 N–H and O–H groups in total. The molecule has 25 heavy (non-hydrogen) atoms. The molecule has 7 heteroatoms. The molecule has 0 radical (unpaired) electrons. The molecule has 1 aromatic carbocycles. The summed E-state index contributed by atoms with van der Waals surface area (Å²) in [4.78, 5) is 4.85. The number of fused-ring (bicyclic) bond motifs is 1. The van der Waals surface area contributed by atoms with Gasteiger partial charge in [0.1, 0.15) is 11.3 Å². The van der Waals surface area contributed by atoms with Gasteiger partial charge in [0.15, 0.2) is 6.17 Å². The Balaban J connectivity index is 1.99. The summed E-state index contributed by atoms with van der Waals surface area (Å²) >= 11 is 6.29. The van der Waals surface area contributed by atoms with Crippen LogP contribution in [-0.4, -0.2) is 44.6 Å². The molecule has 0 bridgehead atoms. The van der Waals surface area contributed by atoms with Crippen molar-refractivity contribution < 1.29 is 5.11 Å². The van der Waals surface area contributed by atoms with Crippen LogP contribution in [0, 0.1) is 17.2 Å². The van der Waals surface area contributed by atoms with Gasteiger partial charge in [-0.15, -0.1) is 11.8 Å². The Kier molecular flexibility index (Phi) is 6.07. The van der Waals surface area contributed by atoms with Crippen LogP contribution in [0.15, 0.2) is 41.4 Å². The maximum absolute atomic E-state index is 9.71. The van der Waals surface area contributed by atoms with Crippen molar-refractivity contribution in [3.63, 3.8) is 0 Å². The van der Waals surface area contributed by atoms with Crippen molar-refractivity contribution >= 4 is 36.0 Å². The number of hydrogen-bond donors (Lipinski definition) is 2. The lowest BCUT2D eigenvalue weighted by Crippen LogP contribution is -2.38. The summed E-state index contributed by atoms with van der Waals surface area (Å²) < 4.78 is 1.84. The molecule has 0 saturated carbocycles. The molecule has 2 aliphatic rings. The number of thioether (sulfide) groups is 1. The summed E-state index contributed by atoms with van der Waals surface area (Å²) in [6, 6.07) is 12.6. The van der Waals surface area contributed by atoms with E-state index in [9.17, 15) is 5.26 Å². The van der Waals surface area contributed by atoms with E-state index in [1.807, 2.05) is 33.9 Å². The molecule has 3 atom stereocenters. The highest BCUT2D eigenvalue weighted by molar-refractivity contribution is 7.99. The molecule has 0 aromatic heterocycles. The van der Waals surface area contributed by atoms with Gasteiger partial charge in [-0.2, -0.15) is 9.68 Å². The van der Waals surface area contributed by atoms with Crippen LogP contribution < -0.4 is 0 Å². The van der Waals surface area contributed by atoms with E-state index in [4.69, 9.17) is 10.1 Å². The summed E-state index contributed by atoms with van der Waals surface area (Å²) in [6.45, 7) is 0.192. The average molecular weight is 375 g/mol. The number of aliphatic hydroxyl groups is 1. The molecule has 132 valence electrons. The van der Waals surface area contributed by atoms with E-state index in [1.165, 1.54) is 0 Å². The molecule has 2 aliphatic heterocycles. The zero-order valence-corrected chi connectivity index (χ0v) is 15.8. The van der Waals surface area contributed by atoms with Crippen LogP contribution in [0.25, 0.3) is 5.70 Å². The number of aliphatic hydroxyl groups excluding tert-OH is 1. The minimum absolute atomic E-state index is 0.0500. The van der Waals surface area contributed by atoms with E-state index in [2.05, 4.69) is 37.1 Å². The first kappa shape index (κ1) is 18.3. The molecule has 5 nitrogen and oxygen atoms in total. The minimum atomic E-state index is -0.260. The molecule has 3 unspecified atom stereocenters. The first-order valence-corrected chi connectivity index (χ1v) is 10.0. The number of aliphatic imine (C=N–C) groups is 1. The molecule has 0 aliphatic carbocycles. The van der Waals surface area contributed by atoms with Gasteiger partial charge in [0.25, 0.3) is 0 Å². The molecule has 0 spiro atoms. The maximum Gasteiger partial charge on any atom is 0.155 e. The van der Waals surface area contributed by atoms with Crippen LogP contribution in [0.1, 0.15) is 24.8 Å². The fourth-order valence-electron chi connectivity index (χ4n) is 3.26. The fraction of sp³-hybridized carbons (Fsp3) is 0.444. The van der Waals surface area contributed by atoms with E-state index < -0.39 is 0 Å². The second-order valence-electron chi connectivity index (χ2n) is 6.06. The minimum Gasteiger partial charge on any atom is -0.396 e. The Hall–Kier alpha value is -1.46. The number of nitrogens with zero attached hydrogens (tertiary/aromatic N) is 4. The average Bonchev–Trinajstić information content (AvgIpc) is 2.93. The van der Waals surface area contributed by atoms with Gasteiger partial charge >= 0.3 is 0 Å². The summed E-state index contributed by atoms with van der Waals surface area (Å²) in [5.41, 5.74) is 3.09. The van der Waals surface area contributed by atoms with E-state index in [1.54, 1.807) is 11.8 Å². The first-order valence-electron chi connectivity index (χ1n) is 8.35. The van der Waals surface area contributed by atoms with Gasteiger partial charge in [-0.05, 0) is 37.2 Å². The standard InChI is InChI=1S/C18H22N4OS2/c1-25-18-15(12-19)17-20-14(9-5-6-10-23)11-16(21(17)22(18)24)13-7-3-2-4-8-13/h2-4,7-8,11,15,17-18,23-24H,5-6,9-10H2,1H3. The zero-order chi connectivity index (χ0) is 17.8. The van der Waals surface area contributed by atoms with E-state index in [0.717, 1.165) is 36.2 Å². The predicted octanol–water partition coefficient (Wildman–Crippen LogP) is 3.18.